The van der Waals surface area contributed by atoms with Gasteiger partial charge >= 0.3 is 0 Å². The second-order valence-electron chi connectivity index (χ2n) is 10.0. The lowest BCUT2D eigenvalue weighted by atomic mass is 9.84. The van der Waals surface area contributed by atoms with Crippen LogP contribution >= 0.6 is 0 Å². The minimum Gasteiger partial charge on any atom is -0.497 e. The van der Waals surface area contributed by atoms with Crippen LogP contribution in [0.4, 0.5) is 0 Å². The van der Waals surface area contributed by atoms with Gasteiger partial charge in [0.25, 0.3) is 0 Å². The first kappa shape index (κ1) is 24.8. The molecule has 0 atom stereocenters. The van der Waals surface area contributed by atoms with E-state index in [1.165, 1.54) is 10.9 Å². The van der Waals surface area contributed by atoms with Gasteiger partial charge in [0.15, 0.2) is 0 Å². The van der Waals surface area contributed by atoms with Gasteiger partial charge in [0.05, 0.1) is 13.7 Å². The molecule has 0 aliphatic heterocycles. The molecule has 1 aromatic heterocycles. The number of nitrogens with one attached hydrogen (secondary N) is 1. The maximum Gasteiger partial charge on any atom is 0.242 e. The number of amides is 2. The van der Waals surface area contributed by atoms with Crippen molar-refractivity contribution in [1.82, 2.24) is 14.8 Å². The molecule has 1 aliphatic rings. The third-order valence-electron chi connectivity index (χ3n) is 6.89. The molecule has 2 amide bonds. The van der Waals surface area contributed by atoms with Crippen LogP contribution in [0.5, 0.6) is 5.75 Å². The number of hydrogen-bond donors (Lipinski definition) is 1. The number of para-hydroxylation sites is 1. The number of carbonyl (C=O) groups is 2. The highest BCUT2D eigenvalue weighted by Gasteiger charge is 2.31. The topological polar surface area (TPSA) is 65.6 Å². The first-order valence-electron chi connectivity index (χ1n) is 12.7. The molecular formula is C29H37N3O3. The molecule has 1 N–H and O–H groups in total. The van der Waals surface area contributed by atoms with Crippen molar-refractivity contribution >= 4 is 22.7 Å². The van der Waals surface area contributed by atoms with Crippen LogP contribution in [0, 0.1) is 11.8 Å². The molecular weight excluding hydrogens is 438 g/mol. The smallest absolute Gasteiger partial charge is 0.242 e. The third-order valence-corrected chi connectivity index (χ3v) is 6.89. The molecule has 0 spiro atoms. The molecule has 1 heterocycles. The Hall–Kier alpha value is -3.28. The molecule has 0 bridgehead atoms. The number of ether oxygens (including phenoxy) is 1. The largest absolute Gasteiger partial charge is 0.497 e. The van der Waals surface area contributed by atoms with Crippen molar-refractivity contribution in [2.75, 3.05) is 26.7 Å². The average Bonchev–Trinajstić information content (AvgIpc) is 3.23. The first-order valence-corrected chi connectivity index (χ1v) is 12.7. The Kier molecular flexibility index (Phi) is 8.11. The summed E-state index contributed by atoms with van der Waals surface area (Å²) in [6.07, 6.45) is 5.77. The lowest BCUT2D eigenvalue weighted by molar-refractivity contribution is -0.145. The van der Waals surface area contributed by atoms with Crippen molar-refractivity contribution in [3.8, 4) is 5.75 Å². The summed E-state index contributed by atoms with van der Waals surface area (Å²) in [4.78, 5) is 33.7. The highest BCUT2D eigenvalue weighted by molar-refractivity contribution is 5.86. The number of benzene rings is 2. The van der Waals surface area contributed by atoms with Crippen molar-refractivity contribution in [2.24, 2.45) is 11.8 Å². The summed E-state index contributed by atoms with van der Waals surface area (Å²) >= 11 is 0. The van der Waals surface area contributed by atoms with Crippen LogP contribution in [0.2, 0.25) is 0 Å². The van der Waals surface area contributed by atoms with Crippen molar-refractivity contribution < 1.29 is 14.3 Å². The zero-order valence-corrected chi connectivity index (χ0v) is 21.1. The highest BCUT2D eigenvalue weighted by atomic mass is 16.5. The molecule has 1 fully saturated rings. The quantitative estimate of drug-likeness (QED) is 0.423. The van der Waals surface area contributed by atoms with Gasteiger partial charge in [-0.1, -0.05) is 50.6 Å². The molecule has 35 heavy (non-hydrogen) atoms. The van der Waals surface area contributed by atoms with E-state index in [4.69, 9.17) is 4.74 Å². The lowest BCUT2D eigenvalue weighted by Crippen LogP contribution is -2.47. The van der Waals surface area contributed by atoms with E-state index in [1.54, 1.807) is 12.0 Å². The summed E-state index contributed by atoms with van der Waals surface area (Å²) in [6, 6.07) is 16.1. The van der Waals surface area contributed by atoms with Gasteiger partial charge in [-0.3, -0.25) is 9.59 Å². The molecule has 4 rings (SSSR count). The Labute approximate surface area is 208 Å². The SMILES string of the molecule is COc1ccc(CN(CCc2c[nH]c3ccccc23)C(=O)CN(CC(C)C)C(=O)C2CCC2)cc1. The van der Waals surface area contributed by atoms with Crippen molar-refractivity contribution in [3.05, 3.63) is 65.9 Å². The summed E-state index contributed by atoms with van der Waals surface area (Å²) in [6.45, 7) is 6.02. The monoisotopic (exact) mass is 475 g/mol. The van der Waals surface area contributed by atoms with Crippen molar-refractivity contribution in [2.45, 2.75) is 46.1 Å². The van der Waals surface area contributed by atoms with Crippen molar-refractivity contribution in [1.29, 1.82) is 0 Å². The van der Waals surface area contributed by atoms with E-state index in [9.17, 15) is 9.59 Å². The third kappa shape index (κ3) is 6.24. The predicted molar refractivity (Wildman–Crippen MR) is 139 cm³/mol. The Morgan fingerprint density at radius 2 is 1.80 bits per heavy atom. The number of fused-ring (bicyclic) bond motifs is 1. The Bertz CT molecular complexity index is 1130. The van der Waals surface area contributed by atoms with E-state index in [2.05, 4.69) is 31.0 Å². The molecule has 2 aromatic carbocycles. The minimum atomic E-state index is -0.00557. The number of carbonyl (C=O) groups excluding carboxylic acids is 2. The zero-order valence-electron chi connectivity index (χ0n) is 21.1. The summed E-state index contributed by atoms with van der Waals surface area (Å²) in [5, 5.41) is 1.19. The van der Waals surface area contributed by atoms with Crippen LogP contribution in [0.1, 0.15) is 44.2 Å². The normalized spacial score (nSPS) is 13.6. The maximum atomic E-state index is 13.6. The number of H-pyrrole nitrogens is 1. The second kappa shape index (κ2) is 11.4. The van der Waals surface area contributed by atoms with Gasteiger partial charge in [0, 0.05) is 42.7 Å². The van der Waals surface area contributed by atoms with E-state index in [1.807, 2.05) is 47.5 Å². The molecule has 1 aliphatic carbocycles. The van der Waals surface area contributed by atoms with Crippen molar-refractivity contribution in [3.63, 3.8) is 0 Å². The summed E-state index contributed by atoms with van der Waals surface area (Å²) < 4.78 is 5.29. The van der Waals surface area contributed by atoms with Crippen LogP contribution in [0.25, 0.3) is 10.9 Å². The number of aromatic amines is 1. The number of aromatic nitrogens is 1. The summed E-state index contributed by atoms with van der Waals surface area (Å²) in [5.74, 6) is 1.32. The van der Waals surface area contributed by atoms with Crippen LogP contribution in [0.15, 0.2) is 54.7 Å². The Balaban J connectivity index is 1.51. The van der Waals surface area contributed by atoms with E-state index < -0.39 is 0 Å². The molecule has 6 nitrogen and oxygen atoms in total. The van der Waals surface area contributed by atoms with Gasteiger partial charge in [0.1, 0.15) is 5.75 Å². The van der Waals surface area contributed by atoms with E-state index >= 15 is 0 Å². The highest BCUT2D eigenvalue weighted by Crippen LogP contribution is 2.28. The molecule has 186 valence electrons. The molecule has 6 heteroatoms. The van der Waals surface area contributed by atoms with Gasteiger partial charge < -0.3 is 19.5 Å². The molecule has 3 aromatic rings. The van der Waals surface area contributed by atoms with Gasteiger partial charge in [-0.2, -0.15) is 0 Å². The fourth-order valence-electron chi connectivity index (χ4n) is 4.69. The number of hydrogen-bond acceptors (Lipinski definition) is 3. The number of methoxy groups -OCH3 is 1. The molecule has 0 saturated heterocycles. The maximum absolute atomic E-state index is 13.6. The fraction of sp³-hybridized carbons (Fsp3) is 0.448. The lowest BCUT2D eigenvalue weighted by Gasteiger charge is -2.34. The minimum absolute atomic E-state index is 0.00557. The second-order valence-corrected chi connectivity index (χ2v) is 10.0. The van der Waals surface area contributed by atoms with Crippen LogP contribution in [0.3, 0.4) is 0 Å². The summed E-state index contributed by atoms with van der Waals surface area (Å²) in [7, 11) is 1.65. The first-order chi connectivity index (χ1) is 16.9. The van der Waals surface area contributed by atoms with Crippen LogP contribution in [-0.4, -0.2) is 53.3 Å². The zero-order chi connectivity index (χ0) is 24.8. The molecule has 0 radical (unpaired) electrons. The predicted octanol–water partition coefficient (Wildman–Crippen LogP) is 5.03. The number of rotatable bonds is 11. The standard InChI is InChI=1S/C29H37N3O3/c1-21(2)18-32(29(34)23-7-6-8-23)20-28(33)31(19-22-11-13-25(35-3)14-12-22)16-15-24-17-30-27-10-5-4-9-26(24)27/h4-5,9-14,17,21,23,30H,6-8,15-16,18-20H2,1-3H3. The van der Waals surface area contributed by atoms with E-state index in [0.29, 0.717) is 25.6 Å². The van der Waals surface area contributed by atoms with Gasteiger partial charge in [-0.15, -0.1) is 0 Å². The van der Waals surface area contributed by atoms with E-state index in [0.717, 1.165) is 42.5 Å². The Morgan fingerprint density at radius 3 is 2.46 bits per heavy atom. The fourth-order valence-corrected chi connectivity index (χ4v) is 4.69. The Morgan fingerprint density at radius 1 is 1.06 bits per heavy atom. The number of nitrogens with zero attached hydrogens (tertiary/aromatic N) is 2. The van der Waals surface area contributed by atoms with Crippen LogP contribution < -0.4 is 4.74 Å². The average molecular weight is 476 g/mol. The van der Waals surface area contributed by atoms with Gasteiger partial charge in [-0.05, 0) is 54.5 Å². The summed E-state index contributed by atoms with van der Waals surface area (Å²) in [5.41, 5.74) is 3.33. The van der Waals surface area contributed by atoms with Crippen LogP contribution in [-0.2, 0) is 22.6 Å². The van der Waals surface area contributed by atoms with Gasteiger partial charge in [0.2, 0.25) is 11.8 Å². The van der Waals surface area contributed by atoms with E-state index in [-0.39, 0.29) is 24.3 Å². The molecule has 1 saturated carbocycles. The van der Waals surface area contributed by atoms with Gasteiger partial charge in [-0.25, -0.2) is 0 Å². The molecule has 0 unspecified atom stereocenters.